The number of nitrogens with one attached hydrogen (secondary N) is 1. The molecule has 0 bridgehead atoms. The lowest BCUT2D eigenvalue weighted by Gasteiger charge is -2.26. The molecule has 0 unspecified atom stereocenters. The minimum Gasteiger partial charge on any atom is -0.348 e. The lowest BCUT2D eigenvalue weighted by Crippen LogP contribution is -2.41. The molecule has 17 heavy (non-hydrogen) atoms. The summed E-state index contributed by atoms with van der Waals surface area (Å²) in [4.78, 5) is 6.46. The highest BCUT2D eigenvalue weighted by Crippen LogP contribution is 2.39. The number of aromatic nitrogens is 2. The van der Waals surface area contributed by atoms with Crippen LogP contribution in [0.4, 0.5) is 5.95 Å². The summed E-state index contributed by atoms with van der Waals surface area (Å²) in [5.74, 6) is 1.86. The van der Waals surface area contributed by atoms with Gasteiger partial charge in [0.05, 0.1) is 11.9 Å². The first-order chi connectivity index (χ1) is 7.92. The van der Waals surface area contributed by atoms with Gasteiger partial charge in [0.15, 0.2) is 0 Å². The van der Waals surface area contributed by atoms with Gasteiger partial charge < -0.3 is 14.8 Å². The van der Waals surface area contributed by atoms with E-state index < -0.39 is 0 Å². The lowest BCUT2D eigenvalue weighted by atomic mass is 9.99. The molecule has 0 amide bonds. The molecule has 1 aromatic rings. The highest BCUT2D eigenvalue weighted by atomic mass is 15.3. The predicted molar refractivity (Wildman–Crippen MR) is 71.2 cm³/mol. The lowest BCUT2D eigenvalue weighted by molar-refractivity contribution is 0.336. The first-order valence-corrected chi connectivity index (χ1v) is 6.35. The third-order valence-electron chi connectivity index (χ3n) is 3.78. The topological polar surface area (TPSA) is 33.1 Å². The first kappa shape index (κ1) is 12.4. The normalized spacial score (nSPS) is 16.3. The van der Waals surface area contributed by atoms with Crippen LogP contribution in [0.5, 0.6) is 0 Å². The van der Waals surface area contributed by atoms with Crippen molar-refractivity contribution in [2.45, 2.75) is 38.8 Å². The highest BCUT2D eigenvalue weighted by Gasteiger charge is 2.37. The number of nitrogens with zero attached hydrogens (tertiary/aromatic N) is 3. The Bertz CT molecular complexity index is 388. The third-order valence-corrected chi connectivity index (χ3v) is 3.78. The summed E-state index contributed by atoms with van der Waals surface area (Å²) in [6.45, 7) is 5.49. The Kier molecular flexibility index (Phi) is 3.17. The largest absolute Gasteiger partial charge is 0.348 e. The number of anilines is 1. The molecule has 1 saturated carbocycles. The van der Waals surface area contributed by atoms with E-state index in [0.717, 1.165) is 18.4 Å². The van der Waals surface area contributed by atoms with Gasteiger partial charge in [-0.1, -0.05) is 0 Å². The molecule has 1 fully saturated rings. The van der Waals surface area contributed by atoms with E-state index in [1.807, 2.05) is 25.2 Å². The van der Waals surface area contributed by atoms with Crippen LogP contribution < -0.4 is 10.2 Å². The number of rotatable bonds is 5. The summed E-state index contributed by atoms with van der Waals surface area (Å²) in [5, 5.41) is 3.65. The molecule has 0 spiro atoms. The third kappa shape index (κ3) is 2.63. The highest BCUT2D eigenvalue weighted by molar-refractivity contribution is 5.30. The van der Waals surface area contributed by atoms with E-state index in [9.17, 15) is 0 Å². The summed E-state index contributed by atoms with van der Waals surface area (Å²) in [6.07, 6.45) is 4.70. The van der Waals surface area contributed by atoms with E-state index in [1.54, 1.807) is 0 Å². The molecule has 2 rings (SSSR count). The van der Waals surface area contributed by atoms with Gasteiger partial charge in [-0.05, 0) is 32.6 Å². The average molecular weight is 236 g/mol. The van der Waals surface area contributed by atoms with Crippen molar-refractivity contribution in [3.63, 3.8) is 0 Å². The summed E-state index contributed by atoms with van der Waals surface area (Å²) in [5.41, 5.74) is 1.49. The molecule has 0 radical (unpaired) electrons. The van der Waals surface area contributed by atoms with E-state index >= 15 is 0 Å². The molecule has 0 atom stereocenters. The summed E-state index contributed by atoms with van der Waals surface area (Å²) < 4.78 is 2.15. The fourth-order valence-electron chi connectivity index (χ4n) is 2.28. The maximum atomic E-state index is 4.43. The Morgan fingerprint density at radius 3 is 2.59 bits per heavy atom. The average Bonchev–Trinajstić information content (AvgIpc) is 3.01. The van der Waals surface area contributed by atoms with Crippen LogP contribution >= 0.6 is 0 Å². The minimum absolute atomic E-state index is 0.253. The first-order valence-electron chi connectivity index (χ1n) is 6.35. The number of hydrogen-bond acceptors (Lipinski definition) is 3. The van der Waals surface area contributed by atoms with Crippen LogP contribution in [0.1, 0.15) is 32.4 Å². The fraction of sp³-hybridized carbons (Fsp3) is 0.769. The number of hydrogen-bond donors (Lipinski definition) is 1. The van der Waals surface area contributed by atoms with E-state index in [1.165, 1.54) is 18.5 Å². The zero-order chi connectivity index (χ0) is 12.6. The predicted octanol–water partition coefficient (Wildman–Crippen LogP) is 1.76. The van der Waals surface area contributed by atoms with Crippen LogP contribution in [0, 0.1) is 5.92 Å². The van der Waals surface area contributed by atoms with Crippen LogP contribution in [0.2, 0.25) is 0 Å². The van der Waals surface area contributed by atoms with Crippen molar-refractivity contribution in [3.8, 4) is 0 Å². The molecule has 4 heteroatoms. The van der Waals surface area contributed by atoms with Gasteiger partial charge in [-0.3, -0.25) is 0 Å². The standard InChI is InChI=1S/C13H24N4/c1-13(2,10-6-7-10)15-9-11-8-14-12(16(3)4)17(11)5/h8,10,15H,6-7,9H2,1-5H3. The Morgan fingerprint density at radius 1 is 1.47 bits per heavy atom. The van der Waals surface area contributed by atoms with Gasteiger partial charge in [-0.15, -0.1) is 0 Å². The zero-order valence-electron chi connectivity index (χ0n) is 11.6. The molecule has 1 heterocycles. The molecule has 0 aliphatic heterocycles. The van der Waals surface area contributed by atoms with Crippen LogP contribution in [0.15, 0.2) is 6.20 Å². The van der Waals surface area contributed by atoms with Crippen molar-refractivity contribution in [3.05, 3.63) is 11.9 Å². The summed E-state index contributed by atoms with van der Waals surface area (Å²) >= 11 is 0. The van der Waals surface area contributed by atoms with Crippen molar-refractivity contribution < 1.29 is 0 Å². The van der Waals surface area contributed by atoms with Gasteiger partial charge in [0.1, 0.15) is 0 Å². The Hall–Kier alpha value is -1.03. The fourth-order valence-corrected chi connectivity index (χ4v) is 2.28. The van der Waals surface area contributed by atoms with Crippen LogP contribution in [-0.4, -0.2) is 29.2 Å². The van der Waals surface area contributed by atoms with Crippen LogP contribution in [0.25, 0.3) is 0 Å². The molecule has 1 aliphatic rings. The molecule has 96 valence electrons. The van der Waals surface area contributed by atoms with Gasteiger partial charge in [-0.25, -0.2) is 4.98 Å². The van der Waals surface area contributed by atoms with Crippen LogP contribution in [-0.2, 0) is 13.6 Å². The second-order valence-corrected chi connectivity index (χ2v) is 5.85. The monoisotopic (exact) mass is 236 g/mol. The van der Waals surface area contributed by atoms with E-state index in [0.29, 0.717) is 0 Å². The Balaban J connectivity index is 1.99. The molecular weight excluding hydrogens is 212 g/mol. The van der Waals surface area contributed by atoms with E-state index in [4.69, 9.17) is 0 Å². The molecule has 0 aromatic carbocycles. The van der Waals surface area contributed by atoms with Gasteiger partial charge in [0.25, 0.3) is 0 Å². The second kappa shape index (κ2) is 4.33. The maximum Gasteiger partial charge on any atom is 0.204 e. The van der Waals surface area contributed by atoms with Crippen molar-refractivity contribution in [1.29, 1.82) is 0 Å². The molecular formula is C13H24N4. The Labute approximate surface area is 104 Å². The SMILES string of the molecule is CN(C)c1ncc(CNC(C)(C)C2CC2)n1C. The minimum atomic E-state index is 0.253. The second-order valence-electron chi connectivity index (χ2n) is 5.85. The van der Waals surface area contributed by atoms with Crippen molar-refractivity contribution in [1.82, 2.24) is 14.9 Å². The van der Waals surface area contributed by atoms with Crippen molar-refractivity contribution in [2.75, 3.05) is 19.0 Å². The molecule has 1 N–H and O–H groups in total. The van der Waals surface area contributed by atoms with Gasteiger partial charge in [0, 0.05) is 33.2 Å². The maximum absolute atomic E-state index is 4.43. The quantitative estimate of drug-likeness (QED) is 0.845. The van der Waals surface area contributed by atoms with Crippen LogP contribution in [0.3, 0.4) is 0 Å². The van der Waals surface area contributed by atoms with E-state index in [2.05, 4.69) is 35.8 Å². The zero-order valence-corrected chi connectivity index (χ0v) is 11.6. The van der Waals surface area contributed by atoms with Gasteiger partial charge in [0.2, 0.25) is 5.95 Å². The van der Waals surface area contributed by atoms with Gasteiger partial charge in [-0.2, -0.15) is 0 Å². The van der Waals surface area contributed by atoms with E-state index in [-0.39, 0.29) is 5.54 Å². The smallest absolute Gasteiger partial charge is 0.204 e. The summed E-state index contributed by atoms with van der Waals surface area (Å²) in [6, 6.07) is 0. The summed E-state index contributed by atoms with van der Waals surface area (Å²) in [7, 11) is 6.12. The molecule has 1 aromatic heterocycles. The molecule has 1 aliphatic carbocycles. The molecule has 0 saturated heterocycles. The van der Waals surface area contributed by atoms with Gasteiger partial charge >= 0.3 is 0 Å². The van der Waals surface area contributed by atoms with Crippen molar-refractivity contribution in [2.24, 2.45) is 13.0 Å². The van der Waals surface area contributed by atoms with Crippen molar-refractivity contribution >= 4 is 5.95 Å². The molecule has 4 nitrogen and oxygen atoms in total. The number of imidazole rings is 1. The Morgan fingerprint density at radius 2 is 2.12 bits per heavy atom.